The van der Waals surface area contributed by atoms with E-state index in [1.54, 1.807) is 6.07 Å². The van der Waals surface area contributed by atoms with Crippen molar-refractivity contribution in [1.82, 2.24) is 5.43 Å². The van der Waals surface area contributed by atoms with Crippen molar-refractivity contribution in [2.45, 2.75) is 31.7 Å². The molecular formula is C13H16Cl2N2. The number of hydrogen-bond donors (Lipinski definition) is 2. The number of halogens is 2. The number of nitrogens with two attached hydrogens (primary N) is 1. The third-order valence-corrected chi connectivity index (χ3v) is 3.31. The first-order valence-electron chi connectivity index (χ1n) is 5.51. The van der Waals surface area contributed by atoms with E-state index in [-0.39, 0.29) is 6.04 Å². The maximum Gasteiger partial charge on any atom is 0.0595 e. The normalized spacial score (nSPS) is 12.1. The lowest BCUT2D eigenvalue weighted by atomic mass is 10.0. The number of unbranched alkanes of at least 4 members (excludes halogenated alkanes) is 1. The lowest BCUT2D eigenvalue weighted by Gasteiger charge is -2.15. The van der Waals surface area contributed by atoms with Crippen LogP contribution in [0.1, 0.15) is 24.8 Å². The Morgan fingerprint density at radius 1 is 1.35 bits per heavy atom. The Balaban J connectivity index is 2.55. The van der Waals surface area contributed by atoms with E-state index in [2.05, 4.69) is 11.3 Å². The standard InChI is InChI=1S/C13H16Cl2N2/c1-2-3-4-5-11(17-16)8-10-6-7-12(14)13(15)9-10/h1,6-7,9,11,17H,3-5,8,16H2. The maximum atomic E-state index is 5.96. The minimum absolute atomic E-state index is 0.209. The molecule has 0 fully saturated rings. The maximum absolute atomic E-state index is 5.96. The first kappa shape index (κ1) is 14.3. The fourth-order valence-corrected chi connectivity index (χ4v) is 1.97. The van der Waals surface area contributed by atoms with Gasteiger partial charge in [-0.15, -0.1) is 12.3 Å². The van der Waals surface area contributed by atoms with Crippen LogP contribution < -0.4 is 11.3 Å². The molecule has 1 rings (SSSR count). The summed E-state index contributed by atoms with van der Waals surface area (Å²) in [5.41, 5.74) is 3.91. The van der Waals surface area contributed by atoms with Gasteiger partial charge in [0.2, 0.25) is 0 Å². The van der Waals surface area contributed by atoms with Crippen LogP contribution in [0.3, 0.4) is 0 Å². The SMILES string of the molecule is C#CCCCC(Cc1ccc(Cl)c(Cl)c1)NN. The van der Waals surface area contributed by atoms with Gasteiger partial charge in [0.1, 0.15) is 0 Å². The monoisotopic (exact) mass is 270 g/mol. The van der Waals surface area contributed by atoms with Gasteiger partial charge in [0.25, 0.3) is 0 Å². The van der Waals surface area contributed by atoms with Gasteiger partial charge in [0, 0.05) is 12.5 Å². The van der Waals surface area contributed by atoms with Crippen LogP contribution in [-0.4, -0.2) is 6.04 Å². The minimum atomic E-state index is 0.209. The van der Waals surface area contributed by atoms with Crippen molar-refractivity contribution in [1.29, 1.82) is 0 Å². The first-order chi connectivity index (χ1) is 8.17. The second kappa shape index (κ2) is 7.58. The van der Waals surface area contributed by atoms with Crippen molar-refractivity contribution >= 4 is 23.2 Å². The van der Waals surface area contributed by atoms with E-state index in [4.69, 9.17) is 35.5 Å². The molecule has 0 amide bonds. The number of nitrogens with one attached hydrogen (secondary N) is 1. The quantitative estimate of drug-likeness (QED) is 0.361. The molecule has 0 saturated carbocycles. The molecule has 0 saturated heterocycles. The van der Waals surface area contributed by atoms with Gasteiger partial charge in [-0.1, -0.05) is 29.3 Å². The highest BCUT2D eigenvalue weighted by Gasteiger charge is 2.08. The molecule has 1 aromatic carbocycles. The molecule has 4 heteroatoms. The zero-order valence-electron chi connectivity index (χ0n) is 9.55. The molecule has 1 aromatic rings. The van der Waals surface area contributed by atoms with Crippen LogP contribution in [0.5, 0.6) is 0 Å². The van der Waals surface area contributed by atoms with Gasteiger partial charge in [0.05, 0.1) is 10.0 Å². The molecule has 0 aliphatic heterocycles. The van der Waals surface area contributed by atoms with E-state index in [0.717, 1.165) is 31.2 Å². The zero-order chi connectivity index (χ0) is 12.7. The molecule has 0 radical (unpaired) electrons. The van der Waals surface area contributed by atoms with E-state index < -0.39 is 0 Å². The lowest BCUT2D eigenvalue weighted by Crippen LogP contribution is -2.36. The molecule has 0 bridgehead atoms. The van der Waals surface area contributed by atoms with Gasteiger partial charge in [-0.3, -0.25) is 11.3 Å². The summed E-state index contributed by atoms with van der Waals surface area (Å²) in [6.45, 7) is 0. The molecule has 1 atom stereocenters. The number of benzene rings is 1. The fourth-order valence-electron chi connectivity index (χ4n) is 1.65. The number of hydrazine groups is 1. The van der Waals surface area contributed by atoms with Crippen molar-refractivity contribution in [3.63, 3.8) is 0 Å². The van der Waals surface area contributed by atoms with Crippen molar-refractivity contribution in [2.75, 3.05) is 0 Å². The Bertz CT molecular complexity index is 399. The summed E-state index contributed by atoms with van der Waals surface area (Å²) >= 11 is 11.8. The molecule has 0 aliphatic rings. The molecule has 17 heavy (non-hydrogen) atoms. The largest absolute Gasteiger partial charge is 0.271 e. The van der Waals surface area contributed by atoms with Crippen LogP contribution in [0.15, 0.2) is 18.2 Å². The fraction of sp³-hybridized carbons (Fsp3) is 0.385. The van der Waals surface area contributed by atoms with E-state index in [1.807, 2.05) is 12.1 Å². The third kappa shape index (κ3) is 4.97. The van der Waals surface area contributed by atoms with Crippen molar-refractivity contribution < 1.29 is 0 Å². The summed E-state index contributed by atoms with van der Waals surface area (Å²) in [6, 6.07) is 5.84. The molecule has 0 heterocycles. The summed E-state index contributed by atoms with van der Waals surface area (Å²) in [5, 5.41) is 1.14. The Kier molecular flexibility index (Phi) is 6.39. The Labute approximate surface area is 112 Å². The predicted molar refractivity (Wildman–Crippen MR) is 74.0 cm³/mol. The predicted octanol–water partition coefficient (Wildman–Crippen LogP) is 3.17. The van der Waals surface area contributed by atoms with Crippen LogP contribution in [0.4, 0.5) is 0 Å². The topological polar surface area (TPSA) is 38.0 Å². The molecule has 0 aliphatic carbocycles. The molecule has 1 unspecified atom stereocenters. The summed E-state index contributed by atoms with van der Waals surface area (Å²) in [6.07, 6.45) is 8.72. The van der Waals surface area contributed by atoms with Crippen molar-refractivity contribution in [3.8, 4) is 12.3 Å². The van der Waals surface area contributed by atoms with Gasteiger partial charge in [0.15, 0.2) is 0 Å². The average molecular weight is 271 g/mol. The van der Waals surface area contributed by atoms with E-state index >= 15 is 0 Å². The summed E-state index contributed by atoms with van der Waals surface area (Å²) in [4.78, 5) is 0. The molecular weight excluding hydrogens is 255 g/mol. The summed E-state index contributed by atoms with van der Waals surface area (Å²) in [7, 11) is 0. The highest BCUT2D eigenvalue weighted by atomic mass is 35.5. The highest BCUT2D eigenvalue weighted by molar-refractivity contribution is 6.42. The number of rotatable bonds is 6. The summed E-state index contributed by atoms with van der Waals surface area (Å²) in [5.74, 6) is 8.13. The summed E-state index contributed by atoms with van der Waals surface area (Å²) < 4.78 is 0. The number of terminal acetylenes is 1. The Hall–Kier alpha value is -0.720. The third-order valence-electron chi connectivity index (χ3n) is 2.58. The van der Waals surface area contributed by atoms with Crippen LogP contribution in [0.2, 0.25) is 10.0 Å². The molecule has 3 N–H and O–H groups in total. The second-order valence-electron chi connectivity index (χ2n) is 3.91. The smallest absolute Gasteiger partial charge is 0.0595 e. The van der Waals surface area contributed by atoms with Gasteiger partial charge >= 0.3 is 0 Å². The molecule has 0 spiro atoms. The van der Waals surface area contributed by atoms with Crippen molar-refractivity contribution in [2.24, 2.45) is 5.84 Å². The van der Waals surface area contributed by atoms with Gasteiger partial charge in [-0.2, -0.15) is 0 Å². The molecule has 2 nitrogen and oxygen atoms in total. The Morgan fingerprint density at radius 2 is 2.12 bits per heavy atom. The van der Waals surface area contributed by atoms with Crippen LogP contribution in [0.25, 0.3) is 0 Å². The molecule has 92 valence electrons. The van der Waals surface area contributed by atoms with Crippen LogP contribution >= 0.6 is 23.2 Å². The number of hydrogen-bond acceptors (Lipinski definition) is 2. The average Bonchev–Trinajstić information content (AvgIpc) is 2.32. The minimum Gasteiger partial charge on any atom is -0.271 e. The lowest BCUT2D eigenvalue weighted by molar-refractivity contribution is 0.479. The van der Waals surface area contributed by atoms with Gasteiger partial charge in [-0.05, 0) is 37.0 Å². The van der Waals surface area contributed by atoms with Crippen LogP contribution in [0, 0.1) is 12.3 Å². The van der Waals surface area contributed by atoms with Gasteiger partial charge < -0.3 is 0 Å². The molecule has 0 aromatic heterocycles. The van der Waals surface area contributed by atoms with E-state index in [9.17, 15) is 0 Å². The first-order valence-corrected chi connectivity index (χ1v) is 6.26. The van der Waals surface area contributed by atoms with E-state index in [0.29, 0.717) is 10.0 Å². The van der Waals surface area contributed by atoms with Crippen LogP contribution in [-0.2, 0) is 6.42 Å². The van der Waals surface area contributed by atoms with Crippen molar-refractivity contribution in [3.05, 3.63) is 33.8 Å². The van der Waals surface area contributed by atoms with Gasteiger partial charge in [-0.25, -0.2) is 0 Å². The van der Waals surface area contributed by atoms with E-state index in [1.165, 1.54) is 0 Å². The zero-order valence-corrected chi connectivity index (χ0v) is 11.1. The second-order valence-corrected chi connectivity index (χ2v) is 4.73. The highest BCUT2D eigenvalue weighted by Crippen LogP contribution is 2.23. The Morgan fingerprint density at radius 3 is 2.71 bits per heavy atom.